The highest BCUT2D eigenvalue weighted by Crippen LogP contribution is 2.27. The van der Waals surface area contributed by atoms with Gasteiger partial charge in [-0.3, -0.25) is 9.78 Å². The van der Waals surface area contributed by atoms with Gasteiger partial charge in [0.05, 0.1) is 23.6 Å². The van der Waals surface area contributed by atoms with Crippen molar-refractivity contribution in [2.45, 2.75) is 13.5 Å². The lowest BCUT2D eigenvalue weighted by Gasteiger charge is -2.11. The molecule has 0 saturated carbocycles. The van der Waals surface area contributed by atoms with Crippen LogP contribution in [0.2, 0.25) is 5.02 Å². The summed E-state index contributed by atoms with van der Waals surface area (Å²) in [5.41, 5.74) is 8.22. The fraction of sp³-hybridized carbons (Fsp3) is 0.143. The van der Waals surface area contributed by atoms with Crippen LogP contribution in [0.3, 0.4) is 0 Å². The van der Waals surface area contributed by atoms with Gasteiger partial charge in [-0.25, -0.2) is 0 Å². The summed E-state index contributed by atoms with van der Waals surface area (Å²) in [6.07, 6.45) is 0. The van der Waals surface area contributed by atoms with Crippen LogP contribution in [0.25, 0.3) is 11.1 Å². The number of nitrogens with zero attached hydrogens (tertiary/aromatic N) is 1. The maximum atomic E-state index is 11.6. The molecule has 1 heterocycles. The van der Waals surface area contributed by atoms with Crippen LogP contribution < -0.4 is 5.73 Å². The van der Waals surface area contributed by atoms with Crippen molar-refractivity contribution in [2.24, 2.45) is 5.73 Å². The monoisotopic (exact) mass is 276 g/mol. The van der Waals surface area contributed by atoms with Crippen LogP contribution in [-0.4, -0.2) is 16.0 Å². The molecule has 1 aromatic heterocycles. The fourth-order valence-corrected chi connectivity index (χ4v) is 2.11. The van der Waals surface area contributed by atoms with Crippen LogP contribution in [0.5, 0.6) is 0 Å². The van der Waals surface area contributed by atoms with Gasteiger partial charge in [0.25, 0.3) is 5.91 Å². The van der Waals surface area contributed by atoms with E-state index in [1.165, 1.54) is 0 Å². The van der Waals surface area contributed by atoms with E-state index in [0.717, 1.165) is 5.56 Å². The summed E-state index contributed by atoms with van der Waals surface area (Å²) in [5, 5.41) is 9.82. The minimum absolute atomic E-state index is 0.194. The number of aromatic nitrogens is 1. The second kappa shape index (κ2) is 5.38. The van der Waals surface area contributed by atoms with Crippen LogP contribution in [-0.2, 0) is 6.61 Å². The lowest BCUT2D eigenvalue weighted by molar-refractivity contribution is 0.1000. The van der Waals surface area contributed by atoms with E-state index in [1.807, 2.05) is 0 Å². The molecule has 0 aliphatic carbocycles. The second-order valence-electron chi connectivity index (χ2n) is 4.15. The number of carbonyl (C=O) groups excluding carboxylic acids is 1. The minimum Gasteiger partial charge on any atom is -0.390 e. The molecule has 1 aromatic carbocycles. The first-order valence-corrected chi connectivity index (χ1v) is 6.08. The minimum atomic E-state index is -0.542. The molecule has 0 bridgehead atoms. The van der Waals surface area contributed by atoms with Crippen molar-refractivity contribution >= 4 is 17.5 Å². The first-order valence-electron chi connectivity index (χ1n) is 5.70. The number of halogens is 1. The summed E-state index contributed by atoms with van der Waals surface area (Å²) in [6, 6.07) is 8.72. The lowest BCUT2D eigenvalue weighted by atomic mass is 9.98. The maximum Gasteiger partial charge on any atom is 0.251 e. The molecule has 2 aromatic rings. The van der Waals surface area contributed by atoms with Gasteiger partial charge in [0.2, 0.25) is 0 Å². The van der Waals surface area contributed by atoms with E-state index in [2.05, 4.69) is 4.98 Å². The standard InChI is InChI=1S/C14H13ClN2O2/c1-8-13(14(16)19)12(6-11(7-18)17-8)9-2-4-10(15)5-3-9/h2-6,18H,7H2,1H3,(H2,16,19). The summed E-state index contributed by atoms with van der Waals surface area (Å²) < 4.78 is 0. The van der Waals surface area contributed by atoms with Gasteiger partial charge in [0.1, 0.15) is 0 Å². The number of benzene rings is 1. The van der Waals surface area contributed by atoms with Gasteiger partial charge in [0, 0.05) is 5.02 Å². The number of primary amides is 1. The Hall–Kier alpha value is -1.91. The third kappa shape index (κ3) is 2.75. The molecule has 3 N–H and O–H groups in total. The Kier molecular flexibility index (Phi) is 3.83. The highest BCUT2D eigenvalue weighted by Gasteiger charge is 2.15. The normalized spacial score (nSPS) is 10.5. The maximum absolute atomic E-state index is 11.6. The van der Waals surface area contributed by atoms with Crippen molar-refractivity contribution in [2.75, 3.05) is 0 Å². The average Bonchev–Trinajstić information content (AvgIpc) is 2.38. The Morgan fingerprint density at radius 1 is 1.37 bits per heavy atom. The molecule has 0 unspecified atom stereocenters. The molecule has 0 atom stereocenters. The van der Waals surface area contributed by atoms with Gasteiger partial charge in [-0.15, -0.1) is 0 Å². The summed E-state index contributed by atoms with van der Waals surface area (Å²) in [4.78, 5) is 15.7. The van der Waals surface area contributed by atoms with Crippen molar-refractivity contribution in [3.05, 3.63) is 52.3 Å². The zero-order chi connectivity index (χ0) is 14.0. The number of hydrogen-bond acceptors (Lipinski definition) is 3. The molecule has 0 fully saturated rings. The summed E-state index contributed by atoms with van der Waals surface area (Å²) >= 11 is 5.85. The number of nitrogens with two attached hydrogens (primary N) is 1. The number of aryl methyl sites for hydroxylation is 1. The van der Waals surface area contributed by atoms with E-state index in [1.54, 1.807) is 37.3 Å². The quantitative estimate of drug-likeness (QED) is 0.903. The van der Waals surface area contributed by atoms with Crippen LogP contribution in [0.1, 0.15) is 21.7 Å². The molecular formula is C14H13ClN2O2. The van der Waals surface area contributed by atoms with Crippen molar-refractivity contribution in [3.63, 3.8) is 0 Å². The Morgan fingerprint density at radius 2 is 2.00 bits per heavy atom. The molecule has 2 rings (SSSR count). The number of aliphatic hydroxyl groups excluding tert-OH is 1. The van der Waals surface area contributed by atoms with Crippen molar-refractivity contribution in [3.8, 4) is 11.1 Å². The van der Waals surface area contributed by atoms with E-state index in [9.17, 15) is 9.90 Å². The van der Waals surface area contributed by atoms with Gasteiger partial charge in [-0.1, -0.05) is 23.7 Å². The van der Waals surface area contributed by atoms with Crippen LogP contribution in [0.15, 0.2) is 30.3 Å². The highest BCUT2D eigenvalue weighted by molar-refractivity contribution is 6.30. The first-order chi connectivity index (χ1) is 9.02. The summed E-state index contributed by atoms with van der Waals surface area (Å²) in [6.45, 7) is 1.50. The summed E-state index contributed by atoms with van der Waals surface area (Å²) in [5.74, 6) is -0.542. The molecule has 1 amide bonds. The number of carbonyl (C=O) groups is 1. The lowest BCUT2D eigenvalue weighted by Crippen LogP contribution is -2.16. The molecular weight excluding hydrogens is 264 g/mol. The molecule has 0 aliphatic rings. The topological polar surface area (TPSA) is 76.2 Å². The third-order valence-corrected chi connectivity index (χ3v) is 3.07. The van der Waals surface area contributed by atoms with Gasteiger partial charge in [-0.2, -0.15) is 0 Å². The van der Waals surface area contributed by atoms with Gasteiger partial charge in [-0.05, 0) is 36.2 Å². The Morgan fingerprint density at radius 3 is 2.53 bits per heavy atom. The fourth-order valence-electron chi connectivity index (χ4n) is 1.99. The zero-order valence-corrected chi connectivity index (χ0v) is 11.1. The average molecular weight is 277 g/mol. The molecule has 0 spiro atoms. The van der Waals surface area contributed by atoms with Crippen molar-refractivity contribution in [1.82, 2.24) is 4.98 Å². The zero-order valence-electron chi connectivity index (χ0n) is 10.4. The Balaban J connectivity index is 2.68. The predicted molar refractivity (Wildman–Crippen MR) is 73.9 cm³/mol. The van der Waals surface area contributed by atoms with Crippen LogP contribution in [0.4, 0.5) is 0 Å². The number of rotatable bonds is 3. The first kappa shape index (κ1) is 13.5. The van der Waals surface area contributed by atoms with Gasteiger partial charge in [0.15, 0.2) is 0 Å². The molecule has 98 valence electrons. The molecule has 0 aliphatic heterocycles. The number of aliphatic hydroxyl groups is 1. The Bertz CT molecular complexity index is 624. The van der Waals surface area contributed by atoms with E-state index < -0.39 is 5.91 Å². The third-order valence-electron chi connectivity index (χ3n) is 2.82. The van der Waals surface area contributed by atoms with Crippen LogP contribution in [0, 0.1) is 6.92 Å². The van der Waals surface area contributed by atoms with Gasteiger partial charge < -0.3 is 10.8 Å². The molecule has 0 radical (unpaired) electrons. The van der Waals surface area contributed by atoms with Crippen LogP contribution >= 0.6 is 11.6 Å². The molecule has 4 nitrogen and oxygen atoms in total. The smallest absolute Gasteiger partial charge is 0.251 e. The number of amides is 1. The highest BCUT2D eigenvalue weighted by atomic mass is 35.5. The van der Waals surface area contributed by atoms with Gasteiger partial charge >= 0.3 is 0 Å². The largest absolute Gasteiger partial charge is 0.390 e. The van der Waals surface area contributed by atoms with E-state index >= 15 is 0 Å². The second-order valence-corrected chi connectivity index (χ2v) is 4.59. The molecule has 0 saturated heterocycles. The van der Waals surface area contributed by atoms with E-state index in [0.29, 0.717) is 27.5 Å². The molecule has 5 heteroatoms. The summed E-state index contributed by atoms with van der Waals surface area (Å²) in [7, 11) is 0. The number of pyridine rings is 1. The van der Waals surface area contributed by atoms with Crippen molar-refractivity contribution in [1.29, 1.82) is 0 Å². The molecule has 19 heavy (non-hydrogen) atoms. The number of hydrogen-bond donors (Lipinski definition) is 2. The SMILES string of the molecule is Cc1nc(CO)cc(-c2ccc(Cl)cc2)c1C(N)=O. The predicted octanol–water partition coefficient (Wildman–Crippen LogP) is 2.30. The Labute approximate surface area is 115 Å². The van der Waals surface area contributed by atoms with E-state index in [4.69, 9.17) is 17.3 Å². The van der Waals surface area contributed by atoms with E-state index in [-0.39, 0.29) is 6.61 Å². The van der Waals surface area contributed by atoms with Crippen molar-refractivity contribution < 1.29 is 9.90 Å².